The molecule has 1 aromatic heterocycles. The summed E-state index contributed by atoms with van der Waals surface area (Å²) in [5.41, 5.74) is 0.685. The maximum absolute atomic E-state index is 13.4. The third-order valence-corrected chi connectivity index (χ3v) is 8.70. The molecule has 1 N–H and O–H groups in total. The van der Waals surface area contributed by atoms with Gasteiger partial charge in [0, 0.05) is 24.7 Å². The second-order valence-electron chi connectivity index (χ2n) is 7.98. The van der Waals surface area contributed by atoms with Crippen molar-refractivity contribution in [3.05, 3.63) is 82.8 Å². The molecule has 33 heavy (non-hydrogen) atoms. The smallest absolute Gasteiger partial charge is 0.286 e. The van der Waals surface area contributed by atoms with E-state index in [2.05, 4.69) is 15.5 Å². The average Bonchev–Trinajstić information content (AvgIpc) is 3.35. The lowest BCUT2D eigenvalue weighted by molar-refractivity contribution is 0.102. The number of nitrogens with zero attached hydrogens (tertiary/aromatic N) is 3. The summed E-state index contributed by atoms with van der Waals surface area (Å²) in [6.45, 7) is 0.788. The molecule has 0 bridgehead atoms. The highest BCUT2D eigenvalue weighted by atomic mass is 32.2. The van der Waals surface area contributed by atoms with Gasteiger partial charge in [-0.05, 0) is 47.9 Å². The molecule has 1 aliphatic rings. The van der Waals surface area contributed by atoms with Crippen molar-refractivity contribution in [3.63, 3.8) is 0 Å². The van der Waals surface area contributed by atoms with Gasteiger partial charge >= 0.3 is 0 Å². The number of hydrogen-bond donors (Lipinski definition) is 1. The fourth-order valence-electron chi connectivity index (χ4n) is 4.04. The van der Waals surface area contributed by atoms with E-state index >= 15 is 0 Å². The number of carbonyl (C=O) groups excluding carboxylic acids is 1. The standard InChI is InChI=1S/C24H22N4O3S2/c29-22(25-20-10-2-1-3-11-20)24-27-26-23(32-24)19-9-6-14-28(16-19)33(30,31)21-13-12-17-7-4-5-8-18(17)15-21/h1-5,7-8,10-13,15,19H,6,9,14,16H2,(H,25,29). The summed E-state index contributed by atoms with van der Waals surface area (Å²) < 4.78 is 28.2. The first-order valence-electron chi connectivity index (χ1n) is 10.7. The number of piperidine rings is 1. The van der Waals surface area contributed by atoms with Crippen LogP contribution in [0.15, 0.2) is 77.7 Å². The van der Waals surface area contributed by atoms with E-state index in [-0.39, 0.29) is 16.8 Å². The molecule has 9 heteroatoms. The van der Waals surface area contributed by atoms with Crippen LogP contribution in [0.25, 0.3) is 10.8 Å². The summed E-state index contributed by atoms with van der Waals surface area (Å²) in [5, 5.41) is 13.9. The van der Waals surface area contributed by atoms with Crippen molar-refractivity contribution in [1.82, 2.24) is 14.5 Å². The Morgan fingerprint density at radius 2 is 1.73 bits per heavy atom. The van der Waals surface area contributed by atoms with Gasteiger partial charge in [-0.1, -0.05) is 59.9 Å². The molecule has 168 valence electrons. The highest BCUT2D eigenvalue weighted by Crippen LogP contribution is 2.32. The first kappa shape index (κ1) is 21.7. The number of nitrogens with one attached hydrogen (secondary N) is 1. The number of sulfonamides is 1. The Hall–Kier alpha value is -3.14. The van der Waals surface area contributed by atoms with E-state index in [9.17, 15) is 13.2 Å². The van der Waals surface area contributed by atoms with Crippen LogP contribution < -0.4 is 5.32 Å². The second-order valence-corrected chi connectivity index (χ2v) is 10.9. The highest BCUT2D eigenvalue weighted by molar-refractivity contribution is 7.89. The van der Waals surface area contributed by atoms with Gasteiger partial charge in [0.25, 0.3) is 5.91 Å². The highest BCUT2D eigenvalue weighted by Gasteiger charge is 2.33. The van der Waals surface area contributed by atoms with Gasteiger partial charge in [-0.25, -0.2) is 8.42 Å². The van der Waals surface area contributed by atoms with E-state index in [1.54, 1.807) is 24.3 Å². The van der Waals surface area contributed by atoms with Crippen LogP contribution in [-0.2, 0) is 10.0 Å². The van der Waals surface area contributed by atoms with Crippen molar-refractivity contribution in [2.75, 3.05) is 18.4 Å². The molecule has 1 unspecified atom stereocenters. The van der Waals surface area contributed by atoms with Gasteiger partial charge in [0.15, 0.2) is 0 Å². The number of rotatable bonds is 5. The van der Waals surface area contributed by atoms with Gasteiger partial charge in [-0.3, -0.25) is 4.79 Å². The quantitative estimate of drug-likeness (QED) is 0.456. The van der Waals surface area contributed by atoms with Crippen LogP contribution in [0.5, 0.6) is 0 Å². The van der Waals surface area contributed by atoms with Crippen LogP contribution in [0.2, 0.25) is 0 Å². The van der Waals surface area contributed by atoms with E-state index < -0.39 is 10.0 Å². The number of anilines is 1. The molecule has 1 atom stereocenters. The molecule has 1 aliphatic heterocycles. The zero-order valence-corrected chi connectivity index (χ0v) is 19.3. The Kier molecular flexibility index (Phi) is 5.92. The van der Waals surface area contributed by atoms with Crippen molar-refractivity contribution in [2.24, 2.45) is 0 Å². The molecule has 1 amide bonds. The molecule has 0 aliphatic carbocycles. The summed E-state index contributed by atoms with van der Waals surface area (Å²) in [6.07, 6.45) is 1.53. The number of aromatic nitrogens is 2. The Bertz CT molecular complexity index is 1400. The zero-order chi connectivity index (χ0) is 22.8. The molecule has 3 aromatic carbocycles. The first-order chi connectivity index (χ1) is 16.0. The van der Waals surface area contributed by atoms with E-state index in [0.717, 1.165) is 23.6 Å². The van der Waals surface area contributed by atoms with Crippen LogP contribution in [0, 0.1) is 0 Å². The zero-order valence-electron chi connectivity index (χ0n) is 17.7. The fourth-order valence-corrected chi connectivity index (χ4v) is 6.46. The van der Waals surface area contributed by atoms with Crippen molar-refractivity contribution >= 4 is 43.7 Å². The van der Waals surface area contributed by atoms with Gasteiger partial charge in [0.2, 0.25) is 15.0 Å². The number of fused-ring (bicyclic) bond motifs is 1. The summed E-state index contributed by atoms with van der Waals surface area (Å²) >= 11 is 1.22. The Morgan fingerprint density at radius 1 is 0.970 bits per heavy atom. The molecule has 0 saturated carbocycles. The second kappa shape index (κ2) is 9.01. The minimum Gasteiger partial charge on any atom is -0.320 e. The Morgan fingerprint density at radius 3 is 2.55 bits per heavy atom. The maximum atomic E-state index is 13.4. The van der Waals surface area contributed by atoms with Crippen molar-refractivity contribution in [3.8, 4) is 0 Å². The lowest BCUT2D eigenvalue weighted by Crippen LogP contribution is -2.39. The molecule has 1 saturated heterocycles. The van der Waals surface area contributed by atoms with Crippen molar-refractivity contribution in [1.29, 1.82) is 0 Å². The van der Waals surface area contributed by atoms with Crippen LogP contribution in [-0.4, -0.2) is 41.9 Å². The van der Waals surface area contributed by atoms with Crippen molar-refractivity contribution in [2.45, 2.75) is 23.7 Å². The number of benzene rings is 3. The average molecular weight is 479 g/mol. The van der Waals surface area contributed by atoms with Gasteiger partial charge < -0.3 is 5.32 Å². The minimum atomic E-state index is -3.63. The van der Waals surface area contributed by atoms with Crippen LogP contribution >= 0.6 is 11.3 Å². The van der Waals surface area contributed by atoms with Crippen LogP contribution in [0.1, 0.15) is 33.6 Å². The molecule has 7 nitrogen and oxygen atoms in total. The van der Waals surface area contributed by atoms with E-state index in [4.69, 9.17) is 0 Å². The third-order valence-electron chi connectivity index (χ3n) is 5.76. The fraction of sp³-hybridized carbons (Fsp3) is 0.208. The maximum Gasteiger partial charge on any atom is 0.286 e. The SMILES string of the molecule is O=C(Nc1ccccc1)c1nnc(C2CCCN(S(=O)(=O)c3ccc4ccccc4c3)C2)s1. The lowest BCUT2D eigenvalue weighted by atomic mass is 10.0. The molecular formula is C24H22N4O3S2. The number of hydrogen-bond acceptors (Lipinski definition) is 6. The van der Waals surface area contributed by atoms with Gasteiger partial charge in [-0.2, -0.15) is 4.31 Å². The topological polar surface area (TPSA) is 92.3 Å². The Balaban J connectivity index is 1.33. The predicted octanol–water partition coefficient (Wildman–Crippen LogP) is 4.51. The van der Waals surface area contributed by atoms with Crippen molar-refractivity contribution < 1.29 is 13.2 Å². The number of para-hydroxylation sites is 1. The van der Waals surface area contributed by atoms with Crippen LogP contribution in [0.3, 0.4) is 0 Å². The Labute approximate surface area is 196 Å². The van der Waals surface area contributed by atoms with E-state index in [0.29, 0.717) is 28.7 Å². The summed E-state index contributed by atoms with van der Waals surface area (Å²) in [7, 11) is -3.63. The molecule has 2 heterocycles. The molecule has 1 fully saturated rings. The molecule has 5 rings (SSSR count). The summed E-state index contributed by atoms with van der Waals surface area (Å²) in [4.78, 5) is 12.8. The predicted molar refractivity (Wildman–Crippen MR) is 129 cm³/mol. The molecular weight excluding hydrogens is 456 g/mol. The summed E-state index contributed by atoms with van der Waals surface area (Å²) in [6, 6.07) is 22.1. The third kappa shape index (κ3) is 4.52. The molecule has 0 radical (unpaired) electrons. The van der Waals surface area contributed by atoms with Gasteiger partial charge in [0.1, 0.15) is 5.01 Å². The summed E-state index contributed by atoms with van der Waals surface area (Å²) in [5.74, 6) is -0.411. The number of amides is 1. The van der Waals surface area contributed by atoms with E-state index in [1.165, 1.54) is 15.6 Å². The largest absolute Gasteiger partial charge is 0.320 e. The van der Waals surface area contributed by atoms with Gasteiger partial charge in [0.05, 0.1) is 4.90 Å². The lowest BCUT2D eigenvalue weighted by Gasteiger charge is -2.30. The van der Waals surface area contributed by atoms with Crippen LogP contribution in [0.4, 0.5) is 5.69 Å². The molecule has 4 aromatic rings. The first-order valence-corrected chi connectivity index (χ1v) is 12.9. The normalized spacial score (nSPS) is 17.2. The van der Waals surface area contributed by atoms with E-state index in [1.807, 2.05) is 48.5 Å². The van der Waals surface area contributed by atoms with Gasteiger partial charge in [-0.15, -0.1) is 10.2 Å². The molecule has 0 spiro atoms. The monoisotopic (exact) mass is 478 g/mol. The minimum absolute atomic E-state index is 0.0928. The number of carbonyl (C=O) groups is 1.